The summed E-state index contributed by atoms with van der Waals surface area (Å²) in [5, 5.41) is 15.1. The van der Waals surface area contributed by atoms with E-state index in [1.165, 1.54) is 0 Å². The standard InChI is InChI=1S/C12H22N4O/c1-4-13-10-8-11(14-6-5-7-17)16-12(15-10)9(2)3/h8-9,17H,4-7H2,1-3H3,(H2,13,14,15,16). The summed E-state index contributed by atoms with van der Waals surface area (Å²) in [7, 11) is 0. The number of nitrogens with zero attached hydrogens (tertiary/aromatic N) is 2. The molecule has 0 unspecified atom stereocenters. The third-order valence-electron chi connectivity index (χ3n) is 2.26. The molecule has 0 amide bonds. The van der Waals surface area contributed by atoms with E-state index in [1.54, 1.807) is 0 Å². The molecular weight excluding hydrogens is 216 g/mol. The first kappa shape index (κ1) is 13.7. The molecule has 0 bridgehead atoms. The highest BCUT2D eigenvalue weighted by atomic mass is 16.3. The van der Waals surface area contributed by atoms with Gasteiger partial charge in [0.05, 0.1) is 0 Å². The Kier molecular flexibility index (Phi) is 5.69. The molecule has 0 saturated heterocycles. The predicted molar refractivity (Wildman–Crippen MR) is 70.5 cm³/mol. The number of aromatic nitrogens is 2. The lowest BCUT2D eigenvalue weighted by Crippen LogP contribution is -2.10. The van der Waals surface area contributed by atoms with Crippen LogP contribution in [0.1, 0.15) is 38.9 Å². The van der Waals surface area contributed by atoms with Crippen LogP contribution in [0.25, 0.3) is 0 Å². The van der Waals surface area contributed by atoms with Gasteiger partial charge in [-0.2, -0.15) is 0 Å². The Morgan fingerprint density at radius 2 is 1.88 bits per heavy atom. The average molecular weight is 238 g/mol. The Morgan fingerprint density at radius 3 is 2.41 bits per heavy atom. The number of anilines is 2. The monoisotopic (exact) mass is 238 g/mol. The van der Waals surface area contributed by atoms with E-state index in [0.29, 0.717) is 5.92 Å². The van der Waals surface area contributed by atoms with Crippen molar-refractivity contribution in [2.45, 2.75) is 33.1 Å². The zero-order chi connectivity index (χ0) is 12.7. The second kappa shape index (κ2) is 7.06. The third kappa shape index (κ3) is 4.56. The molecule has 3 N–H and O–H groups in total. The molecule has 1 aromatic rings. The third-order valence-corrected chi connectivity index (χ3v) is 2.26. The molecular formula is C12H22N4O. The fraction of sp³-hybridized carbons (Fsp3) is 0.667. The summed E-state index contributed by atoms with van der Waals surface area (Å²) in [4.78, 5) is 8.88. The van der Waals surface area contributed by atoms with Crippen molar-refractivity contribution in [3.8, 4) is 0 Å². The van der Waals surface area contributed by atoms with E-state index in [-0.39, 0.29) is 6.61 Å². The van der Waals surface area contributed by atoms with Crippen molar-refractivity contribution < 1.29 is 5.11 Å². The van der Waals surface area contributed by atoms with E-state index in [2.05, 4.69) is 34.4 Å². The van der Waals surface area contributed by atoms with Crippen molar-refractivity contribution in [1.29, 1.82) is 0 Å². The lowest BCUT2D eigenvalue weighted by atomic mass is 10.2. The van der Waals surface area contributed by atoms with Gasteiger partial charge < -0.3 is 15.7 Å². The van der Waals surface area contributed by atoms with Crippen molar-refractivity contribution in [2.24, 2.45) is 0 Å². The second-order valence-corrected chi connectivity index (χ2v) is 4.19. The number of nitrogens with one attached hydrogen (secondary N) is 2. The first-order valence-corrected chi connectivity index (χ1v) is 6.15. The quantitative estimate of drug-likeness (QED) is 0.632. The van der Waals surface area contributed by atoms with Gasteiger partial charge in [0.1, 0.15) is 17.5 Å². The zero-order valence-electron chi connectivity index (χ0n) is 10.8. The van der Waals surface area contributed by atoms with Gasteiger partial charge in [-0.15, -0.1) is 0 Å². The van der Waals surface area contributed by atoms with Crippen LogP contribution >= 0.6 is 0 Å². The molecule has 0 spiro atoms. The van der Waals surface area contributed by atoms with E-state index in [9.17, 15) is 0 Å². The van der Waals surface area contributed by atoms with E-state index in [4.69, 9.17) is 5.11 Å². The Hall–Kier alpha value is -1.36. The van der Waals surface area contributed by atoms with Crippen molar-refractivity contribution in [2.75, 3.05) is 30.3 Å². The topological polar surface area (TPSA) is 70.1 Å². The number of aliphatic hydroxyl groups excluding tert-OH is 1. The van der Waals surface area contributed by atoms with Crippen molar-refractivity contribution >= 4 is 11.6 Å². The fourth-order valence-corrected chi connectivity index (χ4v) is 1.38. The first-order chi connectivity index (χ1) is 8.17. The lowest BCUT2D eigenvalue weighted by Gasteiger charge is -2.11. The maximum Gasteiger partial charge on any atom is 0.135 e. The van der Waals surface area contributed by atoms with Gasteiger partial charge in [-0.25, -0.2) is 9.97 Å². The van der Waals surface area contributed by atoms with Gasteiger partial charge in [0.2, 0.25) is 0 Å². The maximum atomic E-state index is 8.74. The summed E-state index contributed by atoms with van der Waals surface area (Å²) >= 11 is 0. The summed E-state index contributed by atoms with van der Waals surface area (Å²) in [6.07, 6.45) is 0.720. The maximum absolute atomic E-state index is 8.74. The largest absolute Gasteiger partial charge is 0.396 e. The highest BCUT2D eigenvalue weighted by Gasteiger charge is 2.07. The molecule has 5 heteroatoms. The minimum absolute atomic E-state index is 0.190. The van der Waals surface area contributed by atoms with Gasteiger partial charge in [-0.1, -0.05) is 13.8 Å². The van der Waals surface area contributed by atoms with Crippen LogP contribution in [0.3, 0.4) is 0 Å². The van der Waals surface area contributed by atoms with Gasteiger partial charge in [-0.05, 0) is 13.3 Å². The van der Waals surface area contributed by atoms with Crippen LogP contribution in [0.15, 0.2) is 6.07 Å². The van der Waals surface area contributed by atoms with Crippen molar-refractivity contribution in [3.05, 3.63) is 11.9 Å². The van der Waals surface area contributed by atoms with E-state index in [1.807, 2.05) is 13.0 Å². The average Bonchev–Trinajstić information content (AvgIpc) is 2.29. The Bertz CT molecular complexity index is 341. The summed E-state index contributed by atoms with van der Waals surface area (Å²) < 4.78 is 0. The van der Waals surface area contributed by atoms with Gasteiger partial charge in [-0.3, -0.25) is 0 Å². The van der Waals surface area contributed by atoms with Crippen LogP contribution in [-0.4, -0.2) is 34.8 Å². The Balaban J connectivity index is 2.79. The van der Waals surface area contributed by atoms with Crippen LogP contribution in [0.4, 0.5) is 11.6 Å². The van der Waals surface area contributed by atoms with Crippen LogP contribution in [-0.2, 0) is 0 Å². The highest BCUT2D eigenvalue weighted by Crippen LogP contribution is 2.16. The smallest absolute Gasteiger partial charge is 0.135 e. The van der Waals surface area contributed by atoms with Crippen LogP contribution in [0, 0.1) is 0 Å². The minimum Gasteiger partial charge on any atom is -0.396 e. The normalized spacial score (nSPS) is 10.6. The Morgan fingerprint density at radius 1 is 1.24 bits per heavy atom. The molecule has 96 valence electrons. The van der Waals surface area contributed by atoms with Crippen LogP contribution in [0.5, 0.6) is 0 Å². The molecule has 0 aliphatic rings. The number of aliphatic hydroxyl groups is 1. The SMILES string of the molecule is CCNc1cc(NCCCO)nc(C(C)C)n1. The lowest BCUT2D eigenvalue weighted by molar-refractivity contribution is 0.292. The molecule has 0 aliphatic carbocycles. The van der Waals surface area contributed by atoms with Crippen molar-refractivity contribution in [1.82, 2.24) is 9.97 Å². The molecule has 0 saturated carbocycles. The predicted octanol–water partition coefficient (Wildman–Crippen LogP) is 1.83. The molecule has 0 aliphatic heterocycles. The minimum atomic E-state index is 0.190. The molecule has 0 radical (unpaired) electrons. The molecule has 17 heavy (non-hydrogen) atoms. The second-order valence-electron chi connectivity index (χ2n) is 4.19. The number of rotatable bonds is 7. The molecule has 0 fully saturated rings. The fourth-order valence-electron chi connectivity index (χ4n) is 1.38. The first-order valence-electron chi connectivity index (χ1n) is 6.15. The highest BCUT2D eigenvalue weighted by molar-refractivity contribution is 5.47. The molecule has 0 atom stereocenters. The van der Waals surface area contributed by atoms with Gasteiger partial charge in [0.15, 0.2) is 0 Å². The summed E-state index contributed by atoms with van der Waals surface area (Å²) in [5.41, 5.74) is 0. The number of hydrogen-bond acceptors (Lipinski definition) is 5. The van der Waals surface area contributed by atoms with Gasteiger partial charge in [0, 0.05) is 31.7 Å². The van der Waals surface area contributed by atoms with E-state index >= 15 is 0 Å². The van der Waals surface area contributed by atoms with Crippen LogP contribution < -0.4 is 10.6 Å². The van der Waals surface area contributed by atoms with E-state index in [0.717, 1.165) is 37.0 Å². The Labute approximate surface area is 103 Å². The molecule has 5 nitrogen and oxygen atoms in total. The van der Waals surface area contributed by atoms with Gasteiger partial charge in [0.25, 0.3) is 0 Å². The van der Waals surface area contributed by atoms with Crippen LogP contribution in [0.2, 0.25) is 0 Å². The summed E-state index contributed by atoms with van der Waals surface area (Å²) in [6.45, 7) is 7.93. The molecule has 1 aromatic heterocycles. The molecule has 0 aromatic carbocycles. The van der Waals surface area contributed by atoms with Gasteiger partial charge >= 0.3 is 0 Å². The summed E-state index contributed by atoms with van der Waals surface area (Å²) in [6, 6.07) is 1.90. The number of hydrogen-bond donors (Lipinski definition) is 3. The molecule has 1 rings (SSSR count). The zero-order valence-corrected chi connectivity index (χ0v) is 10.8. The van der Waals surface area contributed by atoms with Crippen molar-refractivity contribution in [3.63, 3.8) is 0 Å². The molecule has 1 heterocycles. The van der Waals surface area contributed by atoms with E-state index < -0.39 is 0 Å². The summed E-state index contributed by atoms with van der Waals surface area (Å²) in [5.74, 6) is 2.78.